The third-order valence-electron chi connectivity index (χ3n) is 5.18. The summed E-state index contributed by atoms with van der Waals surface area (Å²) in [4.78, 5) is 23.1. The summed E-state index contributed by atoms with van der Waals surface area (Å²) >= 11 is 0. The molecule has 0 saturated carbocycles. The molecule has 0 aliphatic carbocycles. The first-order valence-corrected chi connectivity index (χ1v) is 9.64. The third kappa shape index (κ3) is 7.56. The van der Waals surface area contributed by atoms with Crippen molar-refractivity contribution in [3.63, 3.8) is 0 Å². The molecular formula is C18H36IN5O2. The molecule has 26 heavy (non-hydrogen) atoms. The van der Waals surface area contributed by atoms with Gasteiger partial charge in [-0.25, -0.2) is 0 Å². The fourth-order valence-corrected chi connectivity index (χ4v) is 3.49. The van der Waals surface area contributed by atoms with Crippen LogP contribution in [0.5, 0.6) is 0 Å². The molecule has 2 rings (SSSR count). The van der Waals surface area contributed by atoms with Crippen LogP contribution in [0.25, 0.3) is 0 Å². The zero-order chi connectivity index (χ0) is 18.1. The van der Waals surface area contributed by atoms with Crippen molar-refractivity contribution in [3.8, 4) is 0 Å². The van der Waals surface area contributed by atoms with Gasteiger partial charge in [-0.2, -0.15) is 0 Å². The highest BCUT2D eigenvalue weighted by molar-refractivity contribution is 14.0. The number of ether oxygens (including phenoxy) is 1. The van der Waals surface area contributed by atoms with Gasteiger partial charge in [-0.3, -0.25) is 9.79 Å². The predicted octanol–water partition coefficient (Wildman–Crippen LogP) is 1.09. The number of nitrogens with zero attached hydrogens (tertiary/aromatic N) is 4. The minimum Gasteiger partial charge on any atom is -0.383 e. The van der Waals surface area contributed by atoms with Crippen molar-refractivity contribution in [1.29, 1.82) is 0 Å². The second-order valence-electron chi connectivity index (χ2n) is 6.97. The van der Waals surface area contributed by atoms with E-state index >= 15 is 0 Å². The van der Waals surface area contributed by atoms with Crippen LogP contribution in [-0.2, 0) is 9.53 Å². The fourth-order valence-electron chi connectivity index (χ4n) is 3.49. The molecule has 0 aromatic carbocycles. The Kier molecular flexibility index (Phi) is 11.5. The van der Waals surface area contributed by atoms with Crippen molar-refractivity contribution in [1.82, 2.24) is 20.0 Å². The van der Waals surface area contributed by atoms with Crippen molar-refractivity contribution in [2.45, 2.75) is 26.7 Å². The summed E-state index contributed by atoms with van der Waals surface area (Å²) in [6, 6.07) is 0. The molecule has 0 aromatic heterocycles. The first kappa shape index (κ1) is 23.4. The molecule has 0 bridgehead atoms. The van der Waals surface area contributed by atoms with Gasteiger partial charge in [-0.15, -0.1) is 24.0 Å². The highest BCUT2D eigenvalue weighted by atomic mass is 127. The van der Waals surface area contributed by atoms with Crippen LogP contribution in [0.1, 0.15) is 26.7 Å². The second kappa shape index (κ2) is 12.7. The normalized spacial score (nSPS) is 20.0. The van der Waals surface area contributed by atoms with Crippen LogP contribution >= 0.6 is 24.0 Å². The number of halogens is 1. The van der Waals surface area contributed by atoms with Gasteiger partial charge < -0.3 is 24.8 Å². The van der Waals surface area contributed by atoms with E-state index in [-0.39, 0.29) is 29.9 Å². The molecule has 2 fully saturated rings. The third-order valence-corrected chi connectivity index (χ3v) is 5.18. The van der Waals surface area contributed by atoms with Gasteiger partial charge in [-0.05, 0) is 38.8 Å². The van der Waals surface area contributed by atoms with Crippen LogP contribution in [0.2, 0.25) is 0 Å². The predicted molar refractivity (Wildman–Crippen MR) is 116 cm³/mol. The molecule has 2 heterocycles. The number of hydrogen-bond donors (Lipinski definition) is 1. The Morgan fingerprint density at radius 3 is 2.27 bits per heavy atom. The number of hydrogen-bond acceptors (Lipinski definition) is 4. The van der Waals surface area contributed by atoms with E-state index in [1.165, 1.54) is 12.8 Å². The lowest BCUT2D eigenvalue weighted by molar-refractivity contribution is -0.130. The standard InChI is InChI=1S/C18H35N5O2.HI/c1-4-19-18(23-11-9-22(10-12-23)16(2)24)20-15-17-5-7-21(8-6-17)13-14-25-3;/h17H,4-15H2,1-3H3,(H,19,20);1H. The lowest BCUT2D eigenvalue weighted by Gasteiger charge is -2.36. The molecule has 7 nitrogen and oxygen atoms in total. The Hall–Kier alpha value is -0.610. The summed E-state index contributed by atoms with van der Waals surface area (Å²) in [6.07, 6.45) is 2.43. The maximum atomic E-state index is 11.5. The maximum absolute atomic E-state index is 11.5. The summed E-state index contributed by atoms with van der Waals surface area (Å²) in [5.74, 6) is 1.85. The zero-order valence-electron chi connectivity index (χ0n) is 16.6. The lowest BCUT2D eigenvalue weighted by Crippen LogP contribution is -2.53. The van der Waals surface area contributed by atoms with Crippen LogP contribution in [-0.4, -0.2) is 99.2 Å². The van der Waals surface area contributed by atoms with E-state index in [9.17, 15) is 4.79 Å². The van der Waals surface area contributed by atoms with E-state index < -0.39 is 0 Å². The fraction of sp³-hybridized carbons (Fsp3) is 0.889. The largest absolute Gasteiger partial charge is 0.383 e. The first-order valence-electron chi connectivity index (χ1n) is 9.64. The number of guanidine groups is 1. The second-order valence-corrected chi connectivity index (χ2v) is 6.97. The summed E-state index contributed by atoms with van der Waals surface area (Å²) in [5, 5.41) is 3.42. The lowest BCUT2D eigenvalue weighted by atomic mass is 9.97. The summed E-state index contributed by atoms with van der Waals surface area (Å²) in [7, 11) is 1.76. The van der Waals surface area contributed by atoms with Gasteiger partial charge in [0.25, 0.3) is 0 Å². The highest BCUT2D eigenvalue weighted by Crippen LogP contribution is 2.17. The van der Waals surface area contributed by atoms with Gasteiger partial charge in [0.15, 0.2) is 5.96 Å². The molecule has 0 atom stereocenters. The number of piperidine rings is 1. The van der Waals surface area contributed by atoms with Crippen molar-refractivity contribution in [2.24, 2.45) is 10.9 Å². The Morgan fingerprint density at radius 1 is 1.12 bits per heavy atom. The van der Waals surface area contributed by atoms with Crippen LogP contribution in [0.4, 0.5) is 0 Å². The quantitative estimate of drug-likeness (QED) is 0.350. The molecule has 2 aliphatic rings. The number of likely N-dealkylation sites (tertiary alicyclic amines) is 1. The molecule has 0 radical (unpaired) electrons. The van der Waals surface area contributed by atoms with E-state index in [1.807, 2.05) is 4.90 Å². The number of carbonyl (C=O) groups excluding carboxylic acids is 1. The van der Waals surface area contributed by atoms with E-state index in [4.69, 9.17) is 9.73 Å². The van der Waals surface area contributed by atoms with Gasteiger partial charge in [0.2, 0.25) is 5.91 Å². The van der Waals surface area contributed by atoms with Crippen LogP contribution < -0.4 is 5.32 Å². The van der Waals surface area contributed by atoms with Gasteiger partial charge >= 0.3 is 0 Å². The van der Waals surface area contributed by atoms with E-state index in [1.54, 1.807) is 14.0 Å². The Morgan fingerprint density at radius 2 is 1.73 bits per heavy atom. The Labute approximate surface area is 175 Å². The molecule has 8 heteroatoms. The number of nitrogens with one attached hydrogen (secondary N) is 1. The van der Waals surface area contributed by atoms with Crippen molar-refractivity contribution < 1.29 is 9.53 Å². The monoisotopic (exact) mass is 481 g/mol. The number of carbonyl (C=O) groups is 1. The van der Waals surface area contributed by atoms with Crippen molar-refractivity contribution in [3.05, 3.63) is 0 Å². The van der Waals surface area contributed by atoms with Crippen molar-refractivity contribution in [2.75, 3.05) is 72.6 Å². The average molecular weight is 481 g/mol. The van der Waals surface area contributed by atoms with E-state index in [2.05, 4.69) is 22.0 Å². The number of amides is 1. The minimum atomic E-state index is 0. The van der Waals surface area contributed by atoms with Crippen LogP contribution in [0.15, 0.2) is 4.99 Å². The van der Waals surface area contributed by atoms with E-state index in [0.29, 0.717) is 5.92 Å². The molecule has 0 unspecified atom stereocenters. The maximum Gasteiger partial charge on any atom is 0.219 e. The number of rotatable bonds is 6. The van der Waals surface area contributed by atoms with Gasteiger partial charge in [0.1, 0.15) is 0 Å². The molecule has 2 aliphatic heterocycles. The summed E-state index contributed by atoms with van der Waals surface area (Å²) in [6.45, 7) is 13.0. The highest BCUT2D eigenvalue weighted by Gasteiger charge is 2.22. The van der Waals surface area contributed by atoms with Crippen LogP contribution in [0, 0.1) is 5.92 Å². The summed E-state index contributed by atoms with van der Waals surface area (Å²) in [5.41, 5.74) is 0. The Balaban J connectivity index is 0.00000338. The Bertz CT molecular complexity index is 433. The smallest absolute Gasteiger partial charge is 0.219 e. The average Bonchev–Trinajstić information content (AvgIpc) is 2.64. The molecule has 1 amide bonds. The topological polar surface area (TPSA) is 60.4 Å². The molecule has 1 N–H and O–H groups in total. The SMILES string of the molecule is CCNC(=NCC1CCN(CCOC)CC1)N1CCN(C(C)=O)CC1.I. The first-order chi connectivity index (χ1) is 12.1. The van der Waals surface area contributed by atoms with Gasteiger partial charge in [-0.1, -0.05) is 0 Å². The van der Waals surface area contributed by atoms with E-state index in [0.717, 1.165) is 71.5 Å². The van der Waals surface area contributed by atoms with Crippen LogP contribution in [0.3, 0.4) is 0 Å². The summed E-state index contributed by atoms with van der Waals surface area (Å²) < 4.78 is 5.16. The number of methoxy groups -OCH3 is 1. The molecule has 2 saturated heterocycles. The number of piperazine rings is 1. The van der Waals surface area contributed by atoms with Crippen molar-refractivity contribution >= 4 is 35.8 Å². The minimum absolute atomic E-state index is 0. The van der Waals surface area contributed by atoms with Gasteiger partial charge in [0, 0.05) is 59.8 Å². The molecule has 0 aromatic rings. The zero-order valence-corrected chi connectivity index (χ0v) is 18.9. The molecule has 0 spiro atoms. The molecular weight excluding hydrogens is 445 g/mol. The molecule has 152 valence electrons. The van der Waals surface area contributed by atoms with Gasteiger partial charge in [0.05, 0.1) is 6.61 Å². The number of aliphatic imine (C=N–C) groups is 1.